The Morgan fingerprint density at radius 3 is 2.33 bits per heavy atom. The Kier molecular flexibility index (Phi) is 7.97. The quantitative estimate of drug-likeness (QED) is 0.616. The van der Waals surface area contributed by atoms with Crippen LogP contribution in [0, 0.1) is 0 Å². The van der Waals surface area contributed by atoms with E-state index in [4.69, 9.17) is 0 Å². The number of sulfonamides is 1. The van der Waals surface area contributed by atoms with Gasteiger partial charge in [-0.1, -0.05) is 26.0 Å². The predicted molar refractivity (Wildman–Crippen MR) is 108 cm³/mol. The minimum atomic E-state index is -3.45. The monoisotopic (exact) mass is 410 g/mol. The summed E-state index contributed by atoms with van der Waals surface area (Å²) >= 11 is 1.66. The molecule has 0 fully saturated rings. The molecular formula is C19H28N3O3S2+. The van der Waals surface area contributed by atoms with Crippen LogP contribution in [0.25, 0.3) is 0 Å². The highest BCUT2D eigenvalue weighted by Gasteiger charge is 2.21. The SMILES string of the molecule is CCN(CC)S(=O)(=O)c1ccc(CNC(=O)C[NH+](C)Cc2ccsc2)cc1. The fourth-order valence-electron chi connectivity index (χ4n) is 2.83. The van der Waals surface area contributed by atoms with Gasteiger partial charge in [-0.15, -0.1) is 0 Å². The summed E-state index contributed by atoms with van der Waals surface area (Å²) in [7, 11) is -1.46. The van der Waals surface area contributed by atoms with Crippen LogP contribution in [-0.4, -0.2) is 45.3 Å². The molecule has 0 aliphatic carbocycles. The molecule has 2 N–H and O–H groups in total. The number of likely N-dealkylation sites (N-methyl/N-ethyl adjacent to an activating group) is 1. The maximum Gasteiger partial charge on any atom is 0.275 e. The summed E-state index contributed by atoms with van der Waals surface area (Å²) in [6.45, 7) is 6.12. The van der Waals surface area contributed by atoms with Gasteiger partial charge < -0.3 is 10.2 Å². The lowest BCUT2D eigenvalue weighted by Gasteiger charge is -2.18. The molecule has 0 aliphatic heterocycles. The van der Waals surface area contributed by atoms with Crippen molar-refractivity contribution in [2.45, 2.75) is 31.8 Å². The molecule has 0 radical (unpaired) electrons. The van der Waals surface area contributed by atoms with Crippen LogP contribution in [0.4, 0.5) is 0 Å². The molecular weight excluding hydrogens is 382 g/mol. The van der Waals surface area contributed by atoms with Gasteiger partial charge >= 0.3 is 0 Å². The van der Waals surface area contributed by atoms with Gasteiger partial charge in [-0.05, 0) is 34.5 Å². The van der Waals surface area contributed by atoms with Gasteiger partial charge in [0.25, 0.3) is 5.91 Å². The molecule has 1 aromatic carbocycles. The van der Waals surface area contributed by atoms with Crippen molar-refractivity contribution in [2.24, 2.45) is 0 Å². The average molecular weight is 411 g/mol. The molecule has 0 saturated carbocycles. The molecule has 1 aromatic heterocycles. The number of carbonyl (C=O) groups excluding carboxylic acids is 1. The Morgan fingerprint density at radius 2 is 1.78 bits per heavy atom. The topological polar surface area (TPSA) is 70.9 Å². The lowest BCUT2D eigenvalue weighted by molar-refractivity contribution is -0.885. The van der Waals surface area contributed by atoms with Crippen LogP contribution in [0.2, 0.25) is 0 Å². The Morgan fingerprint density at radius 1 is 1.11 bits per heavy atom. The van der Waals surface area contributed by atoms with Crippen molar-refractivity contribution >= 4 is 27.3 Å². The van der Waals surface area contributed by atoms with Crippen LogP contribution < -0.4 is 10.2 Å². The fourth-order valence-corrected chi connectivity index (χ4v) is 4.96. The second-order valence-electron chi connectivity index (χ2n) is 6.45. The number of rotatable bonds is 10. The Labute approximate surface area is 165 Å². The third-order valence-electron chi connectivity index (χ3n) is 4.30. The third-order valence-corrected chi connectivity index (χ3v) is 7.10. The molecule has 0 bridgehead atoms. The molecule has 0 spiro atoms. The first-order valence-corrected chi connectivity index (χ1v) is 11.4. The van der Waals surface area contributed by atoms with Crippen LogP contribution in [0.15, 0.2) is 46.0 Å². The number of quaternary nitrogens is 1. The van der Waals surface area contributed by atoms with E-state index < -0.39 is 10.0 Å². The summed E-state index contributed by atoms with van der Waals surface area (Å²) in [5.74, 6) is -0.0254. The molecule has 1 amide bonds. The lowest BCUT2D eigenvalue weighted by Crippen LogP contribution is -3.08. The zero-order valence-corrected chi connectivity index (χ0v) is 17.7. The van der Waals surface area contributed by atoms with Gasteiger partial charge in [0.1, 0.15) is 6.54 Å². The van der Waals surface area contributed by atoms with E-state index in [0.717, 1.165) is 17.0 Å². The van der Waals surface area contributed by atoms with E-state index in [-0.39, 0.29) is 10.8 Å². The van der Waals surface area contributed by atoms with Crippen LogP contribution in [0.3, 0.4) is 0 Å². The fraction of sp³-hybridized carbons (Fsp3) is 0.421. The van der Waals surface area contributed by atoms with E-state index in [0.29, 0.717) is 26.2 Å². The third kappa shape index (κ3) is 6.14. The normalized spacial score (nSPS) is 12.9. The summed E-state index contributed by atoms with van der Waals surface area (Å²) < 4.78 is 26.4. The Hall–Kier alpha value is -1.74. The molecule has 0 saturated heterocycles. The molecule has 1 heterocycles. The van der Waals surface area contributed by atoms with E-state index in [9.17, 15) is 13.2 Å². The Balaban J connectivity index is 1.86. The molecule has 27 heavy (non-hydrogen) atoms. The van der Waals surface area contributed by atoms with Gasteiger partial charge in [0.15, 0.2) is 6.54 Å². The standard InChI is InChI=1S/C19H27N3O3S2/c1-4-22(5-2)27(24,25)18-8-6-16(7-9-18)12-20-19(23)14-21(3)13-17-10-11-26-15-17/h6-11,15H,4-5,12-14H2,1-3H3,(H,20,23)/p+1. The first-order chi connectivity index (χ1) is 12.9. The maximum atomic E-state index is 12.5. The van der Waals surface area contributed by atoms with Crippen molar-refractivity contribution in [3.05, 3.63) is 52.2 Å². The van der Waals surface area contributed by atoms with Crippen LogP contribution in [0.1, 0.15) is 25.0 Å². The summed E-state index contributed by atoms with van der Waals surface area (Å²) in [6.07, 6.45) is 0. The second-order valence-corrected chi connectivity index (χ2v) is 9.17. The minimum Gasteiger partial charge on any atom is -0.347 e. The Bertz CT molecular complexity index is 814. The smallest absolute Gasteiger partial charge is 0.275 e. The summed E-state index contributed by atoms with van der Waals surface area (Å²) in [5, 5.41) is 7.02. The zero-order valence-electron chi connectivity index (χ0n) is 16.1. The number of nitrogens with one attached hydrogen (secondary N) is 2. The minimum absolute atomic E-state index is 0.0254. The number of thiophene rings is 1. The number of carbonyl (C=O) groups is 1. The lowest BCUT2D eigenvalue weighted by atomic mass is 10.2. The van der Waals surface area contributed by atoms with Crippen LogP contribution >= 0.6 is 11.3 Å². The number of hydrogen-bond acceptors (Lipinski definition) is 4. The predicted octanol–water partition coefficient (Wildman–Crippen LogP) is 1.11. The zero-order chi connectivity index (χ0) is 19.9. The first kappa shape index (κ1) is 21.6. The molecule has 0 aliphatic rings. The highest BCUT2D eigenvalue weighted by molar-refractivity contribution is 7.89. The molecule has 1 atom stereocenters. The van der Waals surface area contributed by atoms with Gasteiger partial charge in [-0.2, -0.15) is 15.6 Å². The summed E-state index contributed by atoms with van der Waals surface area (Å²) in [4.78, 5) is 13.5. The van der Waals surface area contributed by atoms with Crippen LogP contribution in [0.5, 0.6) is 0 Å². The highest BCUT2D eigenvalue weighted by Crippen LogP contribution is 2.16. The molecule has 2 aromatic rings. The second kappa shape index (κ2) is 9.98. The number of benzene rings is 1. The van der Waals surface area contributed by atoms with Crippen molar-refractivity contribution in [1.29, 1.82) is 0 Å². The molecule has 8 heteroatoms. The van der Waals surface area contributed by atoms with Gasteiger partial charge in [0, 0.05) is 25.2 Å². The van der Waals surface area contributed by atoms with Crippen molar-refractivity contribution in [3.63, 3.8) is 0 Å². The maximum absolute atomic E-state index is 12.5. The van der Waals surface area contributed by atoms with E-state index in [1.54, 1.807) is 35.6 Å². The van der Waals surface area contributed by atoms with Gasteiger partial charge in [0.05, 0.1) is 11.9 Å². The van der Waals surface area contributed by atoms with Gasteiger partial charge in [0.2, 0.25) is 10.0 Å². The molecule has 148 valence electrons. The van der Waals surface area contributed by atoms with Gasteiger partial charge in [-0.25, -0.2) is 8.42 Å². The van der Waals surface area contributed by atoms with Gasteiger partial charge in [-0.3, -0.25) is 4.79 Å². The van der Waals surface area contributed by atoms with E-state index in [1.807, 2.05) is 26.3 Å². The van der Waals surface area contributed by atoms with Crippen LogP contribution in [-0.2, 0) is 27.9 Å². The van der Waals surface area contributed by atoms with Crippen molar-refractivity contribution in [1.82, 2.24) is 9.62 Å². The largest absolute Gasteiger partial charge is 0.347 e. The summed E-state index contributed by atoms with van der Waals surface area (Å²) in [5.41, 5.74) is 2.10. The van der Waals surface area contributed by atoms with Crippen molar-refractivity contribution in [3.8, 4) is 0 Å². The molecule has 2 rings (SSSR count). The summed E-state index contributed by atoms with van der Waals surface area (Å²) in [6, 6.07) is 8.77. The van der Waals surface area contributed by atoms with Crippen molar-refractivity contribution < 1.29 is 18.1 Å². The number of amides is 1. The van der Waals surface area contributed by atoms with E-state index in [1.165, 1.54) is 9.87 Å². The van der Waals surface area contributed by atoms with E-state index in [2.05, 4.69) is 16.8 Å². The van der Waals surface area contributed by atoms with Crippen molar-refractivity contribution in [2.75, 3.05) is 26.7 Å². The molecule has 6 nitrogen and oxygen atoms in total. The number of nitrogens with zero attached hydrogens (tertiary/aromatic N) is 1. The van der Waals surface area contributed by atoms with E-state index >= 15 is 0 Å². The average Bonchev–Trinajstić information content (AvgIpc) is 3.14. The highest BCUT2D eigenvalue weighted by atomic mass is 32.2. The number of hydrogen-bond donors (Lipinski definition) is 2. The first-order valence-electron chi connectivity index (χ1n) is 9.05. The molecule has 1 unspecified atom stereocenters.